The summed E-state index contributed by atoms with van der Waals surface area (Å²) in [7, 11) is 0. The van der Waals surface area contributed by atoms with Crippen molar-refractivity contribution in [2.24, 2.45) is 0 Å². The van der Waals surface area contributed by atoms with Crippen LogP contribution in [0.3, 0.4) is 0 Å². The number of hydrogen-bond acceptors (Lipinski definition) is 3. The number of hydrogen-bond donors (Lipinski definition) is 2. The van der Waals surface area contributed by atoms with Crippen LogP contribution in [0, 0.1) is 6.92 Å². The lowest BCUT2D eigenvalue weighted by atomic mass is 10.0. The Kier molecular flexibility index (Phi) is 4.33. The summed E-state index contributed by atoms with van der Waals surface area (Å²) in [6.45, 7) is 8.08. The number of aryl methyl sites for hydroxylation is 1. The SMILES string of the molecule is C=C(C=CC)c1cc(Oc2ccc(N)cc2N)ccc1C. The van der Waals surface area contributed by atoms with Crippen molar-refractivity contribution in [3.8, 4) is 11.5 Å². The van der Waals surface area contributed by atoms with Crippen LogP contribution in [0.4, 0.5) is 11.4 Å². The Bertz CT molecular complexity index is 702. The molecule has 0 amide bonds. The summed E-state index contributed by atoms with van der Waals surface area (Å²) < 4.78 is 5.84. The fourth-order valence-corrected chi connectivity index (χ4v) is 2.09. The molecule has 0 saturated heterocycles. The van der Waals surface area contributed by atoms with Gasteiger partial charge in [0.2, 0.25) is 0 Å². The third-order valence-electron chi connectivity index (χ3n) is 3.18. The van der Waals surface area contributed by atoms with E-state index in [-0.39, 0.29) is 0 Å². The minimum atomic E-state index is 0.518. The number of nitrogen functional groups attached to an aromatic ring is 2. The monoisotopic (exact) mass is 280 g/mol. The van der Waals surface area contributed by atoms with Crippen LogP contribution in [0.25, 0.3) is 5.57 Å². The quantitative estimate of drug-likeness (QED) is 0.638. The summed E-state index contributed by atoms with van der Waals surface area (Å²) in [6.07, 6.45) is 3.94. The molecule has 0 heterocycles. The lowest BCUT2D eigenvalue weighted by Crippen LogP contribution is -1.95. The van der Waals surface area contributed by atoms with E-state index in [2.05, 4.69) is 6.58 Å². The number of allylic oxidation sites excluding steroid dienone is 3. The normalized spacial score (nSPS) is 10.8. The molecule has 0 aliphatic heterocycles. The maximum absolute atomic E-state index is 5.91. The van der Waals surface area contributed by atoms with Crippen LogP contribution in [0.15, 0.2) is 55.1 Å². The Labute approximate surface area is 125 Å². The molecule has 0 unspecified atom stereocenters. The molecule has 0 radical (unpaired) electrons. The van der Waals surface area contributed by atoms with Gasteiger partial charge in [0.15, 0.2) is 0 Å². The maximum Gasteiger partial charge on any atom is 0.150 e. The summed E-state index contributed by atoms with van der Waals surface area (Å²) >= 11 is 0. The molecular formula is C18H20N2O. The Morgan fingerprint density at radius 1 is 1.14 bits per heavy atom. The van der Waals surface area contributed by atoms with E-state index in [9.17, 15) is 0 Å². The van der Waals surface area contributed by atoms with Crippen molar-refractivity contribution >= 4 is 16.9 Å². The van der Waals surface area contributed by atoms with Gasteiger partial charge in [-0.15, -0.1) is 0 Å². The Morgan fingerprint density at radius 3 is 2.57 bits per heavy atom. The van der Waals surface area contributed by atoms with E-state index < -0.39 is 0 Å². The lowest BCUT2D eigenvalue weighted by molar-refractivity contribution is 0.485. The number of nitrogens with two attached hydrogens (primary N) is 2. The molecule has 3 nitrogen and oxygen atoms in total. The smallest absolute Gasteiger partial charge is 0.150 e. The molecule has 0 atom stereocenters. The van der Waals surface area contributed by atoms with Gasteiger partial charge in [0.25, 0.3) is 0 Å². The fraction of sp³-hybridized carbons (Fsp3) is 0.111. The molecule has 108 valence electrons. The van der Waals surface area contributed by atoms with Gasteiger partial charge < -0.3 is 16.2 Å². The highest BCUT2D eigenvalue weighted by Gasteiger charge is 2.06. The summed E-state index contributed by atoms with van der Waals surface area (Å²) in [5.41, 5.74) is 15.9. The van der Waals surface area contributed by atoms with E-state index in [1.807, 2.05) is 44.2 Å². The molecular weight excluding hydrogens is 260 g/mol. The van der Waals surface area contributed by atoms with E-state index in [1.165, 1.54) is 0 Å². The van der Waals surface area contributed by atoms with Gasteiger partial charge in [-0.1, -0.05) is 24.8 Å². The fourth-order valence-electron chi connectivity index (χ4n) is 2.09. The van der Waals surface area contributed by atoms with Crippen LogP contribution < -0.4 is 16.2 Å². The van der Waals surface area contributed by atoms with Gasteiger partial charge in [0, 0.05) is 5.69 Å². The van der Waals surface area contributed by atoms with Crippen molar-refractivity contribution in [2.45, 2.75) is 13.8 Å². The highest BCUT2D eigenvalue weighted by molar-refractivity contribution is 5.75. The van der Waals surface area contributed by atoms with Crippen molar-refractivity contribution in [1.82, 2.24) is 0 Å². The summed E-state index contributed by atoms with van der Waals surface area (Å²) in [4.78, 5) is 0. The molecule has 0 spiro atoms. The first-order valence-corrected chi connectivity index (χ1v) is 6.76. The largest absolute Gasteiger partial charge is 0.455 e. The molecule has 0 fully saturated rings. The molecule has 0 bridgehead atoms. The number of rotatable bonds is 4. The van der Waals surface area contributed by atoms with Crippen LogP contribution in [-0.2, 0) is 0 Å². The third kappa shape index (κ3) is 3.45. The molecule has 3 heteroatoms. The summed E-state index contributed by atoms with van der Waals surface area (Å²) in [6, 6.07) is 11.1. The van der Waals surface area contributed by atoms with Gasteiger partial charge in [-0.05, 0) is 60.9 Å². The van der Waals surface area contributed by atoms with Crippen molar-refractivity contribution in [3.05, 3.63) is 66.3 Å². The molecule has 0 aliphatic rings. The second-order valence-electron chi connectivity index (χ2n) is 4.90. The van der Waals surface area contributed by atoms with Crippen LogP contribution in [0.2, 0.25) is 0 Å². The first-order chi connectivity index (χ1) is 10.0. The zero-order chi connectivity index (χ0) is 15.4. The Hall–Kier alpha value is -2.68. The second kappa shape index (κ2) is 6.18. The molecule has 4 N–H and O–H groups in total. The van der Waals surface area contributed by atoms with Gasteiger partial charge in [-0.3, -0.25) is 0 Å². The van der Waals surface area contributed by atoms with E-state index in [4.69, 9.17) is 16.2 Å². The second-order valence-corrected chi connectivity index (χ2v) is 4.90. The van der Waals surface area contributed by atoms with E-state index in [0.29, 0.717) is 17.1 Å². The molecule has 2 rings (SSSR count). The van der Waals surface area contributed by atoms with Gasteiger partial charge in [-0.25, -0.2) is 0 Å². The van der Waals surface area contributed by atoms with Crippen molar-refractivity contribution in [3.63, 3.8) is 0 Å². The topological polar surface area (TPSA) is 61.3 Å². The average molecular weight is 280 g/mol. The Balaban J connectivity index is 2.33. The summed E-state index contributed by atoms with van der Waals surface area (Å²) in [5.74, 6) is 1.31. The standard InChI is InChI=1S/C18H20N2O/c1-4-5-12(2)16-11-15(8-6-13(16)3)21-18-9-7-14(19)10-17(18)20/h4-11H,2,19-20H2,1,3H3. The molecule has 0 saturated carbocycles. The zero-order valence-corrected chi connectivity index (χ0v) is 12.4. The Morgan fingerprint density at radius 2 is 1.90 bits per heavy atom. The predicted molar refractivity (Wildman–Crippen MR) is 90.4 cm³/mol. The van der Waals surface area contributed by atoms with Crippen molar-refractivity contribution in [1.29, 1.82) is 0 Å². The minimum Gasteiger partial charge on any atom is -0.455 e. The molecule has 0 aromatic heterocycles. The first kappa shape index (κ1) is 14.7. The van der Waals surface area contributed by atoms with Crippen LogP contribution in [0.5, 0.6) is 11.5 Å². The van der Waals surface area contributed by atoms with Crippen LogP contribution in [-0.4, -0.2) is 0 Å². The predicted octanol–water partition coefficient (Wildman–Crippen LogP) is 4.54. The zero-order valence-electron chi connectivity index (χ0n) is 12.4. The lowest BCUT2D eigenvalue weighted by Gasteiger charge is -2.12. The van der Waals surface area contributed by atoms with Gasteiger partial charge in [0.05, 0.1) is 5.69 Å². The molecule has 21 heavy (non-hydrogen) atoms. The highest BCUT2D eigenvalue weighted by Crippen LogP contribution is 2.31. The number of benzene rings is 2. The van der Waals surface area contributed by atoms with Crippen LogP contribution in [0.1, 0.15) is 18.1 Å². The van der Waals surface area contributed by atoms with E-state index in [0.717, 1.165) is 22.4 Å². The first-order valence-electron chi connectivity index (χ1n) is 6.76. The summed E-state index contributed by atoms with van der Waals surface area (Å²) in [5, 5.41) is 0. The highest BCUT2D eigenvalue weighted by atomic mass is 16.5. The van der Waals surface area contributed by atoms with Crippen LogP contribution >= 0.6 is 0 Å². The van der Waals surface area contributed by atoms with E-state index in [1.54, 1.807) is 18.2 Å². The van der Waals surface area contributed by atoms with Gasteiger partial charge >= 0.3 is 0 Å². The van der Waals surface area contributed by atoms with E-state index >= 15 is 0 Å². The third-order valence-corrected chi connectivity index (χ3v) is 3.18. The average Bonchev–Trinajstić information content (AvgIpc) is 2.44. The minimum absolute atomic E-state index is 0.518. The van der Waals surface area contributed by atoms with Crippen molar-refractivity contribution in [2.75, 3.05) is 11.5 Å². The number of anilines is 2. The molecule has 2 aromatic carbocycles. The molecule has 0 aliphatic carbocycles. The van der Waals surface area contributed by atoms with Gasteiger partial charge in [0.1, 0.15) is 11.5 Å². The maximum atomic E-state index is 5.91. The van der Waals surface area contributed by atoms with Gasteiger partial charge in [-0.2, -0.15) is 0 Å². The number of ether oxygens (including phenoxy) is 1. The van der Waals surface area contributed by atoms with Crippen molar-refractivity contribution < 1.29 is 4.74 Å². The molecule has 2 aromatic rings.